The molecule has 3 heteroatoms. The molecule has 0 aromatic heterocycles. The third-order valence-corrected chi connectivity index (χ3v) is 2.98. The number of hydrogen-bond acceptors (Lipinski definition) is 1. The standard InChI is InChI=1S/C11H22N2O/c1-4-6-12-11(14)13-7-5-10(8-13)9(2)3/h9-10H,4-8H2,1-3H3,(H,12,14). The molecule has 82 valence electrons. The largest absolute Gasteiger partial charge is 0.338 e. The van der Waals surface area contributed by atoms with Crippen molar-refractivity contribution in [2.75, 3.05) is 19.6 Å². The minimum atomic E-state index is 0.120. The van der Waals surface area contributed by atoms with E-state index in [1.807, 2.05) is 4.90 Å². The van der Waals surface area contributed by atoms with Gasteiger partial charge in [0, 0.05) is 19.6 Å². The summed E-state index contributed by atoms with van der Waals surface area (Å²) in [5, 5.41) is 2.92. The average Bonchev–Trinajstić information content (AvgIpc) is 2.62. The molecule has 1 rings (SSSR count). The topological polar surface area (TPSA) is 32.3 Å². The number of hydrogen-bond donors (Lipinski definition) is 1. The van der Waals surface area contributed by atoms with Crippen LogP contribution in [-0.2, 0) is 0 Å². The van der Waals surface area contributed by atoms with E-state index < -0.39 is 0 Å². The van der Waals surface area contributed by atoms with Crippen molar-refractivity contribution in [3.63, 3.8) is 0 Å². The van der Waals surface area contributed by atoms with Gasteiger partial charge in [-0.15, -0.1) is 0 Å². The monoisotopic (exact) mass is 198 g/mol. The second-order valence-corrected chi connectivity index (χ2v) is 4.47. The number of urea groups is 1. The van der Waals surface area contributed by atoms with Crippen LogP contribution in [0.5, 0.6) is 0 Å². The molecule has 3 nitrogen and oxygen atoms in total. The summed E-state index contributed by atoms with van der Waals surface area (Å²) in [4.78, 5) is 13.5. The Morgan fingerprint density at radius 3 is 2.79 bits per heavy atom. The predicted molar refractivity (Wildman–Crippen MR) is 58.2 cm³/mol. The highest BCUT2D eigenvalue weighted by Crippen LogP contribution is 2.23. The zero-order valence-electron chi connectivity index (χ0n) is 9.55. The summed E-state index contributed by atoms with van der Waals surface area (Å²) in [6, 6.07) is 0.120. The van der Waals surface area contributed by atoms with Crippen molar-refractivity contribution in [1.29, 1.82) is 0 Å². The highest BCUT2D eigenvalue weighted by molar-refractivity contribution is 5.74. The lowest BCUT2D eigenvalue weighted by Crippen LogP contribution is -2.39. The lowest BCUT2D eigenvalue weighted by atomic mass is 9.95. The molecule has 0 aliphatic carbocycles. The summed E-state index contributed by atoms with van der Waals surface area (Å²) in [5.41, 5.74) is 0. The average molecular weight is 198 g/mol. The molecule has 1 unspecified atom stereocenters. The molecule has 1 aliphatic heterocycles. The Morgan fingerprint density at radius 2 is 2.29 bits per heavy atom. The highest BCUT2D eigenvalue weighted by Gasteiger charge is 2.27. The fourth-order valence-electron chi connectivity index (χ4n) is 1.86. The summed E-state index contributed by atoms with van der Waals surface area (Å²) < 4.78 is 0. The Hall–Kier alpha value is -0.730. The van der Waals surface area contributed by atoms with Gasteiger partial charge in [-0.05, 0) is 24.7 Å². The molecule has 1 saturated heterocycles. The normalized spacial score (nSPS) is 21.7. The van der Waals surface area contributed by atoms with Crippen LogP contribution in [0.15, 0.2) is 0 Å². The maximum absolute atomic E-state index is 11.6. The molecular weight excluding hydrogens is 176 g/mol. The van der Waals surface area contributed by atoms with Crippen molar-refractivity contribution >= 4 is 6.03 Å². The molecular formula is C11H22N2O. The van der Waals surface area contributed by atoms with Crippen LogP contribution < -0.4 is 5.32 Å². The molecule has 1 atom stereocenters. The van der Waals surface area contributed by atoms with Crippen LogP contribution in [0.25, 0.3) is 0 Å². The van der Waals surface area contributed by atoms with Gasteiger partial charge >= 0.3 is 6.03 Å². The van der Waals surface area contributed by atoms with Crippen LogP contribution in [0.2, 0.25) is 0 Å². The first-order chi connectivity index (χ1) is 6.65. The Labute approximate surface area is 86.9 Å². The molecule has 0 spiro atoms. The van der Waals surface area contributed by atoms with Gasteiger partial charge in [-0.1, -0.05) is 20.8 Å². The molecule has 1 aliphatic rings. The van der Waals surface area contributed by atoms with Crippen LogP contribution in [0.4, 0.5) is 4.79 Å². The maximum Gasteiger partial charge on any atom is 0.317 e. The number of rotatable bonds is 3. The summed E-state index contributed by atoms with van der Waals surface area (Å²) in [5.74, 6) is 1.39. The smallest absolute Gasteiger partial charge is 0.317 e. The molecule has 1 N–H and O–H groups in total. The Morgan fingerprint density at radius 1 is 1.57 bits per heavy atom. The second-order valence-electron chi connectivity index (χ2n) is 4.47. The summed E-state index contributed by atoms with van der Waals surface area (Å²) in [7, 11) is 0. The van der Waals surface area contributed by atoms with E-state index >= 15 is 0 Å². The van der Waals surface area contributed by atoms with Gasteiger partial charge in [-0.25, -0.2) is 4.79 Å². The van der Waals surface area contributed by atoms with E-state index in [9.17, 15) is 4.79 Å². The van der Waals surface area contributed by atoms with E-state index in [2.05, 4.69) is 26.1 Å². The van der Waals surface area contributed by atoms with Gasteiger partial charge in [0.2, 0.25) is 0 Å². The fourth-order valence-corrected chi connectivity index (χ4v) is 1.86. The predicted octanol–water partition coefficient (Wildman–Crippen LogP) is 2.08. The zero-order valence-corrected chi connectivity index (χ0v) is 9.55. The van der Waals surface area contributed by atoms with Crippen molar-refractivity contribution < 1.29 is 4.79 Å². The van der Waals surface area contributed by atoms with Gasteiger partial charge in [0.1, 0.15) is 0 Å². The summed E-state index contributed by atoms with van der Waals surface area (Å²) in [6.45, 7) is 9.20. The molecule has 1 heterocycles. The van der Waals surface area contributed by atoms with Crippen LogP contribution in [0.1, 0.15) is 33.6 Å². The second kappa shape index (κ2) is 5.23. The van der Waals surface area contributed by atoms with Crippen molar-refractivity contribution in [2.24, 2.45) is 11.8 Å². The lowest BCUT2D eigenvalue weighted by Gasteiger charge is -2.18. The van der Waals surface area contributed by atoms with Gasteiger partial charge in [0.15, 0.2) is 0 Å². The number of likely N-dealkylation sites (tertiary alicyclic amines) is 1. The first-order valence-electron chi connectivity index (χ1n) is 5.68. The first kappa shape index (κ1) is 11.3. The van der Waals surface area contributed by atoms with Gasteiger partial charge < -0.3 is 10.2 Å². The molecule has 0 radical (unpaired) electrons. The van der Waals surface area contributed by atoms with Crippen LogP contribution in [0, 0.1) is 11.8 Å². The van der Waals surface area contributed by atoms with E-state index in [0.717, 1.165) is 32.5 Å². The van der Waals surface area contributed by atoms with E-state index in [-0.39, 0.29) is 6.03 Å². The molecule has 0 aromatic carbocycles. The van der Waals surface area contributed by atoms with Gasteiger partial charge in [-0.2, -0.15) is 0 Å². The third-order valence-electron chi connectivity index (χ3n) is 2.98. The van der Waals surface area contributed by atoms with Crippen molar-refractivity contribution in [1.82, 2.24) is 10.2 Å². The van der Waals surface area contributed by atoms with Crippen LogP contribution in [-0.4, -0.2) is 30.6 Å². The SMILES string of the molecule is CCCNC(=O)N1CCC(C(C)C)C1. The number of nitrogens with one attached hydrogen (secondary N) is 1. The quantitative estimate of drug-likeness (QED) is 0.740. The number of carbonyl (C=O) groups excluding carboxylic acids is 1. The minimum absolute atomic E-state index is 0.120. The first-order valence-corrected chi connectivity index (χ1v) is 5.68. The van der Waals surface area contributed by atoms with E-state index in [1.165, 1.54) is 0 Å². The molecule has 14 heavy (non-hydrogen) atoms. The zero-order chi connectivity index (χ0) is 10.6. The molecule has 0 saturated carbocycles. The number of carbonyl (C=O) groups is 1. The summed E-state index contributed by atoms with van der Waals surface area (Å²) in [6.07, 6.45) is 2.17. The van der Waals surface area contributed by atoms with Crippen LogP contribution in [0.3, 0.4) is 0 Å². The lowest BCUT2D eigenvalue weighted by molar-refractivity contribution is 0.205. The van der Waals surface area contributed by atoms with Gasteiger partial charge in [-0.3, -0.25) is 0 Å². The van der Waals surface area contributed by atoms with Gasteiger partial charge in [0.05, 0.1) is 0 Å². The third kappa shape index (κ3) is 2.89. The van der Waals surface area contributed by atoms with Crippen molar-refractivity contribution in [3.05, 3.63) is 0 Å². The Kier molecular flexibility index (Phi) is 4.23. The molecule has 2 amide bonds. The maximum atomic E-state index is 11.6. The van der Waals surface area contributed by atoms with Crippen molar-refractivity contribution in [2.45, 2.75) is 33.6 Å². The number of amides is 2. The summed E-state index contributed by atoms with van der Waals surface area (Å²) >= 11 is 0. The molecule has 1 fully saturated rings. The van der Waals surface area contributed by atoms with E-state index in [0.29, 0.717) is 11.8 Å². The van der Waals surface area contributed by atoms with Crippen molar-refractivity contribution in [3.8, 4) is 0 Å². The molecule has 0 aromatic rings. The van der Waals surface area contributed by atoms with Gasteiger partial charge in [0.25, 0.3) is 0 Å². The Bertz CT molecular complexity index is 192. The minimum Gasteiger partial charge on any atom is -0.338 e. The number of nitrogens with zero attached hydrogens (tertiary/aromatic N) is 1. The van der Waals surface area contributed by atoms with E-state index in [4.69, 9.17) is 0 Å². The van der Waals surface area contributed by atoms with E-state index in [1.54, 1.807) is 0 Å². The highest BCUT2D eigenvalue weighted by atomic mass is 16.2. The Balaban J connectivity index is 2.30. The van der Waals surface area contributed by atoms with Crippen LogP contribution >= 0.6 is 0 Å². The fraction of sp³-hybridized carbons (Fsp3) is 0.909. The molecule has 0 bridgehead atoms.